The summed E-state index contributed by atoms with van der Waals surface area (Å²) in [4.78, 5) is 12.2. The second kappa shape index (κ2) is 9.62. The number of carbonyl (C=O) groups excluding carboxylic acids is 1. The first-order valence-electron chi connectivity index (χ1n) is 9.38. The smallest absolute Gasteiger partial charge is 0.425 e. The van der Waals surface area contributed by atoms with Crippen molar-refractivity contribution >= 4 is 5.97 Å². The van der Waals surface area contributed by atoms with E-state index in [4.69, 9.17) is 4.74 Å². The lowest BCUT2D eigenvalue weighted by atomic mass is 9.98. The van der Waals surface area contributed by atoms with Gasteiger partial charge in [-0.05, 0) is 54.2 Å². The second-order valence-electron chi connectivity index (χ2n) is 7.03. The molecule has 0 spiro atoms. The molecule has 2 atom stereocenters. The molecule has 0 bridgehead atoms. The minimum atomic E-state index is -4.59. The third-order valence-electron chi connectivity index (χ3n) is 4.64. The van der Waals surface area contributed by atoms with Crippen molar-refractivity contribution in [2.24, 2.45) is 5.92 Å². The Bertz CT molecular complexity index is 752. The molecule has 1 N–H and O–H groups in total. The van der Waals surface area contributed by atoms with E-state index in [1.807, 2.05) is 13.8 Å². The van der Waals surface area contributed by atoms with E-state index in [0.29, 0.717) is 6.42 Å². The zero-order chi connectivity index (χ0) is 20.7. The molecule has 0 aliphatic heterocycles. The van der Waals surface area contributed by atoms with E-state index >= 15 is 0 Å². The van der Waals surface area contributed by atoms with E-state index in [-0.39, 0.29) is 23.7 Å². The average Bonchev–Trinajstić information content (AvgIpc) is 2.65. The summed E-state index contributed by atoms with van der Waals surface area (Å²) in [5, 5.41) is 9.32. The van der Waals surface area contributed by atoms with Crippen LogP contribution in [0.1, 0.15) is 49.9 Å². The number of phenols is 1. The Kier molecular flexibility index (Phi) is 7.49. The van der Waals surface area contributed by atoms with Crippen LogP contribution in [0.15, 0.2) is 48.5 Å². The van der Waals surface area contributed by atoms with Crippen LogP contribution in [-0.4, -0.2) is 23.4 Å². The number of phenolic OH excluding ortho intramolecular Hbond substituents is 1. The molecule has 2 unspecified atom stereocenters. The molecule has 6 heteroatoms. The molecule has 0 fully saturated rings. The fourth-order valence-electron chi connectivity index (χ4n) is 3.01. The Hall–Kier alpha value is -2.50. The maximum absolute atomic E-state index is 13.3. The van der Waals surface area contributed by atoms with Gasteiger partial charge in [0.2, 0.25) is 0 Å². The van der Waals surface area contributed by atoms with Crippen molar-refractivity contribution in [2.75, 3.05) is 0 Å². The van der Waals surface area contributed by atoms with Crippen LogP contribution in [-0.2, 0) is 4.74 Å². The molecule has 0 saturated carbocycles. The SMILES string of the molecule is CCCC(C)CCC(OC(=O)c1ccc(-c2ccc(O)cc2)cc1)C(F)(F)F. The summed E-state index contributed by atoms with van der Waals surface area (Å²) in [5.41, 5.74) is 1.66. The van der Waals surface area contributed by atoms with Crippen molar-refractivity contribution in [3.05, 3.63) is 54.1 Å². The number of esters is 1. The number of benzene rings is 2. The summed E-state index contributed by atoms with van der Waals surface area (Å²) in [6.45, 7) is 3.89. The summed E-state index contributed by atoms with van der Waals surface area (Å²) in [7, 11) is 0. The van der Waals surface area contributed by atoms with E-state index in [0.717, 1.165) is 24.0 Å². The topological polar surface area (TPSA) is 46.5 Å². The quantitative estimate of drug-likeness (QED) is 0.530. The molecule has 2 aromatic carbocycles. The van der Waals surface area contributed by atoms with Gasteiger partial charge in [-0.1, -0.05) is 51.0 Å². The molecule has 152 valence electrons. The fraction of sp³-hybridized carbons (Fsp3) is 0.409. The molecule has 0 heterocycles. The normalized spacial score (nSPS) is 13.8. The van der Waals surface area contributed by atoms with Crippen molar-refractivity contribution < 1.29 is 27.8 Å². The van der Waals surface area contributed by atoms with Crippen LogP contribution in [0, 0.1) is 5.92 Å². The Morgan fingerprint density at radius 2 is 1.50 bits per heavy atom. The second-order valence-corrected chi connectivity index (χ2v) is 7.03. The molecule has 0 amide bonds. The van der Waals surface area contributed by atoms with Crippen LogP contribution in [0.2, 0.25) is 0 Å². The molecule has 0 aliphatic carbocycles. The summed E-state index contributed by atoms with van der Waals surface area (Å²) < 4.78 is 44.6. The van der Waals surface area contributed by atoms with Crippen molar-refractivity contribution in [3.8, 4) is 16.9 Å². The van der Waals surface area contributed by atoms with Gasteiger partial charge in [-0.15, -0.1) is 0 Å². The first-order chi connectivity index (χ1) is 13.2. The number of aromatic hydroxyl groups is 1. The molecule has 2 rings (SSSR count). The van der Waals surface area contributed by atoms with E-state index in [2.05, 4.69) is 0 Å². The predicted octanol–water partition coefficient (Wildman–Crippen LogP) is 6.36. The minimum Gasteiger partial charge on any atom is -0.508 e. The molecular formula is C22H25F3O3. The van der Waals surface area contributed by atoms with E-state index < -0.39 is 18.2 Å². The van der Waals surface area contributed by atoms with Gasteiger partial charge in [0.15, 0.2) is 6.10 Å². The zero-order valence-electron chi connectivity index (χ0n) is 16.0. The average molecular weight is 394 g/mol. The van der Waals surface area contributed by atoms with Crippen LogP contribution in [0.4, 0.5) is 13.2 Å². The highest BCUT2D eigenvalue weighted by atomic mass is 19.4. The summed E-state index contributed by atoms with van der Waals surface area (Å²) in [6, 6.07) is 12.6. The molecule has 2 aromatic rings. The van der Waals surface area contributed by atoms with E-state index in [9.17, 15) is 23.1 Å². The number of halogens is 3. The van der Waals surface area contributed by atoms with Crippen LogP contribution in [0.25, 0.3) is 11.1 Å². The Labute approximate surface area is 163 Å². The van der Waals surface area contributed by atoms with Crippen LogP contribution in [0.3, 0.4) is 0 Å². The van der Waals surface area contributed by atoms with Gasteiger partial charge in [0.1, 0.15) is 5.75 Å². The van der Waals surface area contributed by atoms with Crippen molar-refractivity contribution in [1.29, 1.82) is 0 Å². The first-order valence-corrected chi connectivity index (χ1v) is 9.38. The molecule has 0 radical (unpaired) electrons. The fourth-order valence-corrected chi connectivity index (χ4v) is 3.01. The van der Waals surface area contributed by atoms with Gasteiger partial charge >= 0.3 is 12.1 Å². The number of ether oxygens (including phenoxy) is 1. The molecule has 0 aliphatic rings. The number of hydrogen-bond donors (Lipinski definition) is 1. The lowest BCUT2D eigenvalue weighted by molar-refractivity contribution is -0.206. The van der Waals surface area contributed by atoms with Crippen LogP contribution < -0.4 is 0 Å². The lowest BCUT2D eigenvalue weighted by Gasteiger charge is -2.22. The van der Waals surface area contributed by atoms with Crippen molar-refractivity contribution in [3.63, 3.8) is 0 Å². The summed E-state index contributed by atoms with van der Waals surface area (Å²) >= 11 is 0. The van der Waals surface area contributed by atoms with Crippen LogP contribution in [0.5, 0.6) is 5.75 Å². The monoisotopic (exact) mass is 394 g/mol. The number of alkyl halides is 3. The Morgan fingerprint density at radius 3 is 2.00 bits per heavy atom. The largest absolute Gasteiger partial charge is 0.508 e. The Balaban J connectivity index is 2.05. The number of hydrogen-bond acceptors (Lipinski definition) is 3. The van der Waals surface area contributed by atoms with Gasteiger partial charge in [-0.2, -0.15) is 13.2 Å². The van der Waals surface area contributed by atoms with E-state index in [1.165, 1.54) is 24.3 Å². The summed E-state index contributed by atoms with van der Waals surface area (Å²) in [6.07, 6.45) is -4.82. The third kappa shape index (κ3) is 6.29. The Morgan fingerprint density at radius 1 is 0.964 bits per heavy atom. The lowest BCUT2D eigenvalue weighted by Crippen LogP contribution is -2.34. The van der Waals surface area contributed by atoms with Gasteiger partial charge < -0.3 is 9.84 Å². The zero-order valence-corrected chi connectivity index (χ0v) is 16.0. The van der Waals surface area contributed by atoms with Crippen molar-refractivity contribution in [2.45, 2.75) is 51.8 Å². The highest BCUT2D eigenvalue weighted by molar-refractivity contribution is 5.90. The predicted molar refractivity (Wildman–Crippen MR) is 102 cm³/mol. The standard InChI is InChI=1S/C22H25F3O3/c1-3-4-15(2)5-14-20(22(23,24)25)28-21(27)18-8-6-16(7-9-18)17-10-12-19(26)13-11-17/h6-13,15,20,26H,3-5,14H2,1-2H3. The first kappa shape index (κ1) is 21.8. The van der Waals surface area contributed by atoms with Gasteiger partial charge in [0.05, 0.1) is 5.56 Å². The van der Waals surface area contributed by atoms with Gasteiger partial charge in [0.25, 0.3) is 0 Å². The van der Waals surface area contributed by atoms with Crippen molar-refractivity contribution in [1.82, 2.24) is 0 Å². The molecule has 3 nitrogen and oxygen atoms in total. The summed E-state index contributed by atoms with van der Waals surface area (Å²) in [5.74, 6) is -0.698. The van der Waals surface area contributed by atoms with Gasteiger partial charge in [-0.3, -0.25) is 0 Å². The molecule has 28 heavy (non-hydrogen) atoms. The van der Waals surface area contributed by atoms with E-state index in [1.54, 1.807) is 24.3 Å². The van der Waals surface area contributed by atoms with Crippen LogP contribution >= 0.6 is 0 Å². The highest BCUT2D eigenvalue weighted by Crippen LogP contribution is 2.29. The maximum Gasteiger partial charge on any atom is 0.425 e. The molecule has 0 aromatic heterocycles. The van der Waals surface area contributed by atoms with Gasteiger partial charge in [-0.25, -0.2) is 4.79 Å². The number of carbonyl (C=O) groups is 1. The highest BCUT2D eigenvalue weighted by Gasteiger charge is 2.42. The van der Waals surface area contributed by atoms with Gasteiger partial charge in [0, 0.05) is 0 Å². The third-order valence-corrected chi connectivity index (χ3v) is 4.64. The minimum absolute atomic E-state index is 0.0679. The number of rotatable bonds is 8. The molecular weight excluding hydrogens is 369 g/mol. The maximum atomic E-state index is 13.3. The molecule has 0 saturated heterocycles.